The van der Waals surface area contributed by atoms with Gasteiger partial charge in [0.1, 0.15) is 5.69 Å². The lowest BCUT2D eigenvalue weighted by atomic mass is 10.1. The summed E-state index contributed by atoms with van der Waals surface area (Å²) in [6.07, 6.45) is 0.906. The predicted octanol–water partition coefficient (Wildman–Crippen LogP) is 4.64. The van der Waals surface area contributed by atoms with Gasteiger partial charge in [0.25, 0.3) is 0 Å². The minimum Gasteiger partial charge on any atom is -0.353 e. The lowest BCUT2D eigenvalue weighted by molar-refractivity contribution is -0.118. The van der Waals surface area contributed by atoms with Crippen LogP contribution in [0.2, 0.25) is 0 Å². The predicted molar refractivity (Wildman–Crippen MR) is 168 cm³/mol. The molecule has 3 heterocycles. The third-order valence-electron chi connectivity index (χ3n) is 7.52. The molecule has 0 unspecified atom stereocenters. The molecule has 1 amide bonds. The van der Waals surface area contributed by atoms with Gasteiger partial charge < -0.3 is 19.6 Å². The molecule has 1 saturated heterocycles. The second-order valence-corrected chi connectivity index (χ2v) is 10.6. The number of carbonyl (C=O) groups is 1. The standard InChI is InChI=1S/C33H34N8O/c1-38(22-25-12-6-3-7-13-25)31-28(27-16-10-5-11-17-27)34-29-30(35-31)36-33(41-20-18-40(24-42)19-21-41)37-32(29)39(2)23-26-14-8-4-9-15-26/h3-17,24H,18-23H2,1-2H3. The van der Waals surface area contributed by atoms with E-state index in [0.29, 0.717) is 56.4 Å². The first kappa shape index (κ1) is 27.1. The average molecular weight is 559 g/mol. The topological polar surface area (TPSA) is 81.6 Å². The molecule has 9 heteroatoms. The summed E-state index contributed by atoms with van der Waals surface area (Å²) in [6.45, 7) is 3.90. The minimum absolute atomic E-state index is 0.544. The second-order valence-electron chi connectivity index (χ2n) is 10.6. The van der Waals surface area contributed by atoms with Crippen molar-refractivity contribution in [3.05, 3.63) is 102 Å². The summed E-state index contributed by atoms with van der Waals surface area (Å²) in [5, 5.41) is 0. The molecule has 0 saturated carbocycles. The van der Waals surface area contributed by atoms with E-state index in [9.17, 15) is 4.79 Å². The van der Waals surface area contributed by atoms with Gasteiger partial charge in [-0.15, -0.1) is 0 Å². The number of fused-ring (bicyclic) bond motifs is 1. The van der Waals surface area contributed by atoms with Gasteiger partial charge in [0.05, 0.1) is 0 Å². The van der Waals surface area contributed by atoms with Crippen LogP contribution in [0.15, 0.2) is 91.0 Å². The number of piperazine rings is 1. The van der Waals surface area contributed by atoms with E-state index in [1.165, 1.54) is 11.1 Å². The summed E-state index contributed by atoms with van der Waals surface area (Å²) in [6, 6.07) is 30.8. The maximum absolute atomic E-state index is 11.3. The Hall–Kier alpha value is -5.05. The van der Waals surface area contributed by atoms with E-state index in [2.05, 4.69) is 51.1 Å². The Labute approximate surface area is 246 Å². The molecule has 5 aromatic rings. The molecule has 0 bridgehead atoms. The number of carbonyl (C=O) groups excluding carboxylic acids is 1. The monoisotopic (exact) mass is 558 g/mol. The molecule has 0 N–H and O–H groups in total. The average Bonchev–Trinajstić information content (AvgIpc) is 3.05. The number of amides is 1. The Morgan fingerprint density at radius 2 is 1.21 bits per heavy atom. The molecule has 1 aliphatic heterocycles. The van der Waals surface area contributed by atoms with Crippen LogP contribution in [0.1, 0.15) is 11.1 Å². The summed E-state index contributed by atoms with van der Waals surface area (Å²) < 4.78 is 0. The Morgan fingerprint density at radius 3 is 1.79 bits per heavy atom. The highest BCUT2D eigenvalue weighted by molar-refractivity contribution is 5.89. The third-order valence-corrected chi connectivity index (χ3v) is 7.52. The normalized spacial score (nSPS) is 13.3. The van der Waals surface area contributed by atoms with Crippen molar-refractivity contribution >= 4 is 35.2 Å². The van der Waals surface area contributed by atoms with Crippen LogP contribution in [-0.2, 0) is 17.9 Å². The first-order valence-corrected chi connectivity index (χ1v) is 14.2. The van der Waals surface area contributed by atoms with Gasteiger partial charge in [-0.2, -0.15) is 9.97 Å². The van der Waals surface area contributed by atoms with Crippen LogP contribution in [0.3, 0.4) is 0 Å². The minimum atomic E-state index is 0.544. The lowest BCUT2D eigenvalue weighted by Crippen LogP contribution is -2.46. The first-order valence-electron chi connectivity index (χ1n) is 14.2. The number of benzene rings is 3. The van der Waals surface area contributed by atoms with Crippen molar-refractivity contribution < 1.29 is 4.79 Å². The molecule has 3 aromatic carbocycles. The summed E-state index contributed by atoms with van der Waals surface area (Å²) in [4.78, 5) is 39.9. The van der Waals surface area contributed by atoms with Gasteiger partial charge in [-0.1, -0.05) is 91.0 Å². The van der Waals surface area contributed by atoms with E-state index < -0.39 is 0 Å². The largest absolute Gasteiger partial charge is 0.353 e. The highest BCUT2D eigenvalue weighted by Gasteiger charge is 2.24. The van der Waals surface area contributed by atoms with Crippen LogP contribution < -0.4 is 14.7 Å². The van der Waals surface area contributed by atoms with E-state index in [1.807, 2.05) is 68.7 Å². The van der Waals surface area contributed by atoms with Crippen molar-refractivity contribution in [2.24, 2.45) is 0 Å². The van der Waals surface area contributed by atoms with Crippen molar-refractivity contribution in [3.63, 3.8) is 0 Å². The first-order chi connectivity index (χ1) is 20.6. The van der Waals surface area contributed by atoms with Gasteiger partial charge in [-0.05, 0) is 11.1 Å². The van der Waals surface area contributed by atoms with E-state index >= 15 is 0 Å². The Morgan fingerprint density at radius 1 is 0.667 bits per heavy atom. The van der Waals surface area contributed by atoms with Crippen molar-refractivity contribution in [1.29, 1.82) is 0 Å². The highest BCUT2D eigenvalue weighted by Crippen LogP contribution is 2.33. The lowest BCUT2D eigenvalue weighted by Gasteiger charge is -2.33. The smallest absolute Gasteiger partial charge is 0.229 e. The SMILES string of the molecule is CN(Cc1ccccc1)c1nc2nc(N3CCN(C=O)CC3)nc(N(C)Cc3ccccc3)c2nc1-c1ccccc1. The fourth-order valence-corrected chi connectivity index (χ4v) is 5.27. The molecule has 2 aromatic heterocycles. The fourth-order valence-electron chi connectivity index (χ4n) is 5.27. The molecule has 1 aliphatic rings. The highest BCUT2D eigenvalue weighted by atomic mass is 16.1. The van der Waals surface area contributed by atoms with Gasteiger partial charge in [0.2, 0.25) is 12.4 Å². The summed E-state index contributed by atoms with van der Waals surface area (Å²) in [7, 11) is 4.07. The summed E-state index contributed by atoms with van der Waals surface area (Å²) >= 11 is 0. The van der Waals surface area contributed by atoms with Gasteiger partial charge in [-0.3, -0.25) is 4.79 Å². The van der Waals surface area contributed by atoms with Crippen LogP contribution in [0, 0.1) is 0 Å². The second kappa shape index (κ2) is 12.2. The third kappa shape index (κ3) is 5.85. The van der Waals surface area contributed by atoms with Crippen LogP contribution >= 0.6 is 0 Å². The van der Waals surface area contributed by atoms with Crippen molar-refractivity contribution in [2.75, 3.05) is 55.0 Å². The summed E-state index contributed by atoms with van der Waals surface area (Å²) in [5.74, 6) is 2.07. The Bertz CT molecular complexity index is 1640. The summed E-state index contributed by atoms with van der Waals surface area (Å²) in [5.41, 5.74) is 5.31. The molecule has 6 rings (SSSR count). The van der Waals surface area contributed by atoms with Crippen molar-refractivity contribution in [3.8, 4) is 11.3 Å². The maximum atomic E-state index is 11.3. The van der Waals surface area contributed by atoms with E-state index in [0.717, 1.165) is 29.3 Å². The quantitative estimate of drug-likeness (QED) is 0.242. The molecular formula is C33H34N8O. The fraction of sp³-hybridized carbons (Fsp3) is 0.242. The molecule has 1 fully saturated rings. The molecule has 212 valence electrons. The zero-order valence-electron chi connectivity index (χ0n) is 24.0. The molecule has 9 nitrogen and oxygen atoms in total. The number of anilines is 3. The number of hydrogen-bond donors (Lipinski definition) is 0. The van der Waals surface area contributed by atoms with Crippen molar-refractivity contribution in [2.45, 2.75) is 13.1 Å². The van der Waals surface area contributed by atoms with Crippen LogP contribution in [0.4, 0.5) is 17.6 Å². The van der Waals surface area contributed by atoms with E-state index in [1.54, 1.807) is 4.90 Å². The molecule has 0 atom stereocenters. The number of hydrogen-bond acceptors (Lipinski definition) is 8. The molecular weight excluding hydrogens is 524 g/mol. The molecule has 0 radical (unpaired) electrons. The number of aromatic nitrogens is 4. The Balaban J connectivity index is 1.49. The number of nitrogens with zero attached hydrogens (tertiary/aromatic N) is 8. The van der Waals surface area contributed by atoms with Gasteiger partial charge in [-0.25, -0.2) is 9.97 Å². The maximum Gasteiger partial charge on any atom is 0.229 e. The zero-order chi connectivity index (χ0) is 28.9. The molecule has 0 aliphatic carbocycles. The van der Waals surface area contributed by atoms with Crippen LogP contribution in [-0.4, -0.2) is 71.5 Å². The van der Waals surface area contributed by atoms with Gasteiger partial charge in [0, 0.05) is 58.9 Å². The van der Waals surface area contributed by atoms with Crippen LogP contribution in [0.25, 0.3) is 22.4 Å². The molecule has 42 heavy (non-hydrogen) atoms. The van der Waals surface area contributed by atoms with Gasteiger partial charge >= 0.3 is 0 Å². The van der Waals surface area contributed by atoms with E-state index in [-0.39, 0.29) is 0 Å². The van der Waals surface area contributed by atoms with Crippen LogP contribution in [0.5, 0.6) is 0 Å². The van der Waals surface area contributed by atoms with Crippen molar-refractivity contribution in [1.82, 2.24) is 24.8 Å². The number of rotatable bonds is 9. The zero-order valence-corrected chi connectivity index (χ0v) is 24.0. The van der Waals surface area contributed by atoms with E-state index in [4.69, 9.17) is 19.9 Å². The Kier molecular flexibility index (Phi) is 7.89. The van der Waals surface area contributed by atoms with Gasteiger partial charge in [0.15, 0.2) is 22.8 Å². The molecule has 0 spiro atoms.